The van der Waals surface area contributed by atoms with E-state index in [9.17, 15) is 4.79 Å². The summed E-state index contributed by atoms with van der Waals surface area (Å²) in [6.45, 7) is 6.00. The van der Waals surface area contributed by atoms with Crippen LogP contribution in [-0.2, 0) is 6.54 Å². The Hall–Kier alpha value is -2.86. The highest BCUT2D eigenvalue weighted by Crippen LogP contribution is 2.24. The van der Waals surface area contributed by atoms with E-state index < -0.39 is 0 Å². The van der Waals surface area contributed by atoms with Gasteiger partial charge in [-0.05, 0) is 19.1 Å². The molecule has 2 aromatic carbocycles. The van der Waals surface area contributed by atoms with Gasteiger partial charge in [0.2, 0.25) is 11.7 Å². The molecule has 0 bridgehead atoms. The van der Waals surface area contributed by atoms with Crippen LogP contribution < -0.4 is 0 Å². The van der Waals surface area contributed by atoms with Gasteiger partial charge in [0.05, 0.1) is 12.1 Å². The van der Waals surface area contributed by atoms with E-state index in [1.807, 2.05) is 61.5 Å². The smallest absolute Gasteiger partial charge is 0.255 e. The summed E-state index contributed by atoms with van der Waals surface area (Å²) in [6, 6.07) is 15.5. The van der Waals surface area contributed by atoms with Crippen molar-refractivity contribution in [2.75, 3.05) is 12.8 Å². The first kappa shape index (κ1) is 18.9. The van der Waals surface area contributed by atoms with E-state index in [0.717, 1.165) is 16.2 Å². The summed E-state index contributed by atoms with van der Waals surface area (Å²) in [5.74, 6) is 1.58. The number of aryl methyl sites for hydroxylation is 1. The Bertz CT molecular complexity index is 935. The van der Waals surface area contributed by atoms with Crippen molar-refractivity contribution in [3.8, 4) is 11.4 Å². The fourth-order valence-corrected chi connectivity index (χ4v) is 3.32. The molecule has 0 saturated carbocycles. The fraction of sp³-hybridized carbons (Fsp3) is 0.190. The van der Waals surface area contributed by atoms with Crippen LogP contribution in [0, 0.1) is 6.92 Å². The summed E-state index contributed by atoms with van der Waals surface area (Å²) < 4.78 is 5.33. The SMILES string of the molecule is C=CCSc1ccccc1C(=O)N(C)Cc1nc(-c2ccc(C)cc2)no1. The normalized spacial score (nSPS) is 10.6. The molecular formula is C21H21N3O2S. The summed E-state index contributed by atoms with van der Waals surface area (Å²) in [5.41, 5.74) is 2.71. The maximum Gasteiger partial charge on any atom is 0.255 e. The second kappa shape index (κ2) is 8.68. The van der Waals surface area contributed by atoms with E-state index in [1.165, 1.54) is 5.56 Å². The van der Waals surface area contributed by atoms with Gasteiger partial charge in [-0.2, -0.15) is 4.98 Å². The summed E-state index contributed by atoms with van der Waals surface area (Å²) in [6.07, 6.45) is 1.82. The minimum absolute atomic E-state index is 0.0859. The minimum Gasteiger partial charge on any atom is -0.337 e. The molecule has 1 aromatic heterocycles. The van der Waals surface area contributed by atoms with Crippen LogP contribution in [0.25, 0.3) is 11.4 Å². The van der Waals surface area contributed by atoms with Crippen molar-refractivity contribution >= 4 is 17.7 Å². The molecule has 0 aliphatic heterocycles. The van der Waals surface area contributed by atoms with Crippen molar-refractivity contribution in [3.63, 3.8) is 0 Å². The number of hydrogen-bond acceptors (Lipinski definition) is 5. The molecule has 0 aliphatic rings. The quantitative estimate of drug-likeness (QED) is 0.444. The first-order chi connectivity index (χ1) is 13.1. The molecule has 0 unspecified atom stereocenters. The van der Waals surface area contributed by atoms with Crippen molar-refractivity contribution in [2.45, 2.75) is 18.4 Å². The fourth-order valence-electron chi connectivity index (χ4n) is 2.54. The van der Waals surface area contributed by atoms with E-state index in [4.69, 9.17) is 4.52 Å². The van der Waals surface area contributed by atoms with Gasteiger partial charge in [0.25, 0.3) is 5.91 Å². The van der Waals surface area contributed by atoms with Crippen molar-refractivity contribution < 1.29 is 9.32 Å². The van der Waals surface area contributed by atoms with Crippen molar-refractivity contribution in [1.29, 1.82) is 0 Å². The Morgan fingerprint density at radius 2 is 1.96 bits per heavy atom. The molecule has 0 saturated heterocycles. The molecule has 1 heterocycles. The van der Waals surface area contributed by atoms with Crippen LogP contribution in [0.4, 0.5) is 0 Å². The van der Waals surface area contributed by atoms with Crippen LogP contribution in [0.5, 0.6) is 0 Å². The van der Waals surface area contributed by atoms with Crippen LogP contribution in [0.15, 0.2) is 70.6 Å². The monoisotopic (exact) mass is 379 g/mol. The van der Waals surface area contributed by atoms with Gasteiger partial charge < -0.3 is 9.42 Å². The summed E-state index contributed by atoms with van der Waals surface area (Å²) in [5, 5.41) is 4.02. The van der Waals surface area contributed by atoms with Crippen molar-refractivity contribution in [2.24, 2.45) is 0 Å². The molecule has 0 N–H and O–H groups in total. The Morgan fingerprint density at radius 3 is 2.70 bits per heavy atom. The van der Waals surface area contributed by atoms with Gasteiger partial charge in [-0.1, -0.05) is 53.2 Å². The maximum atomic E-state index is 12.8. The third-order valence-corrected chi connectivity index (χ3v) is 5.04. The van der Waals surface area contributed by atoms with Gasteiger partial charge in [-0.25, -0.2) is 0 Å². The number of rotatable bonds is 7. The maximum absolute atomic E-state index is 12.8. The molecule has 0 atom stereocenters. The number of benzene rings is 2. The van der Waals surface area contributed by atoms with Crippen LogP contribution in [0.3, 0.4) is 0 Å². The van der Waals surface area contributed by atoms with Gasteiger partial charge in [0.1, 0.15) is 0 Å². The summed E-state index contributed by atoms with van der Waals surface area (Å²) >= 11 is 1.58. The Kier molecular flexibility index (Phi) is 6.08. The molecule has 138 valence electrons. The molecule has 0 aliphatic carbocycles. The van der Waals surface area contributed by atoms with E-state index in [2.05, 4.69) is 16.7 Å². The van der Waals surface area contributed by atoms with Crippen LogP contribution >= 0.6 is 11.8 Å². The molecule has 0 fully saturated rings. The van der Waals surface area contributed by atoms with Crippen LogP contribution in [0.2, 0.25) is 0 Å². The zero-order valence-electron chi connectivity index (χ0n) is 15.4. The van der Waals surface area contributed by atoms with Crippen LogP contribution in [0.1, 0.15) is 21.8 Å². The predicted molar refractivity (Wildman–Crippen MR) is 108 cm³/mol. The zero-order valence-corrected chi connectivity index (χ0v) is 16.2. The molecule has 3 rings (SSSR count). The standard InChI is InChI=1S/C21H21N3O2S/c1-4-13-27-18-8-6-5-7-17(18)21(25)24(3)14-19-22-20(23-26-19)16-11-9-15(2)10-12-16/h4-12H,1,13-14H2,2-3H3. The minimum atomic E-state index is -0.0859. The van der Waals surface area contributed by atoms with E-state index in [1.54, 1.807) is 23.7 Å². The number of thioether (sulfide) groups is 1. The van der Waals surface area contributed by atoms with Gasteiger partial charge in [0, 0.05) is 23.3 Å². The predicted octanol–water partition coefficient (Wildman–Crippen LogP) is 4.60. The highest BCUT2D eigenvalue weighted by atomic mass is 32.2. The number of hydrogen-bond donors (Lipinski definition) is 0. The Balaban J connectivity index is 1.72. The molecular weight excluding hydrogens is 358 g/mol. The van der Waals surface area contributed by atoms with Crippen LogP contribution in [-0.4, -0.2) is 33.7 Å². The molecule has 6 heteroatoms. The molecule has 0 radical (unpaired) electrons. The lowest BCUT2D eigenvalue weighted by Gasteiger charge is -2.16. The summed E-state index contributed by atoms with van der Waals surface area (Å²) in [4.78, 5) is 19.8. The van der Waals surface area contributed by atoms with Gasteiger partial charge >= 0.3 is 0 Å². The van der Waals surface area contributed by atoms with Crippen molar-refractivity contribution in [3.05, 3.63) is 78.2 Å². The topological polar surface area (TPSA) is 59.2 Å². The number of amides is 1. The molecule has 5 nitrogen and oxygen atoms in total. The second-order valence-electron chi connectivity index (χ2n) is 6.13. The average Bonchev–Trinajstić information content (AvgIpc) is 3.15. The first-order valence-electron chi connectivity index (χ1n) is 8.56. The molecule has 27 heavy (non-hydrogen) atoms. The van der Waals surface area contributed by atoms with Gasteiger partial charge in [-0.3, -0.25) is 4.79 Å². The second-order valence-corrected chi connectivity index (χ2v) is 7.20. The van der Waals surface area contributed by atoms with E-state index in [0.29, 0.717) is 17.3 Å². The van der Waals surface area contributed by atoms with Gasteiger partial charge in [0.15, 0.2) is 0 Å². The Morgan fingerprint density at radius 1 is 1.22 bits per heavy atom. The lowest BCUT2D eigenvalue weighted by molar-refractivity contribution is 0.0766. The van der Waals surface area contributed by atoms with E-state index >= 15 is 0 Å². The number of nitrogens with zero attached hydrogens (tertiary/aromatic N) is 3. The number of aromatic nitrogens is 2. The highest BCUT2D eigenvalue weighted by Gasteiger charge is 2.18. The average molecular weight is 379 g/mol. The lowest BCUT2D eigenvalue weighted by atomic mass is 10.1. The van der Waals surface area contributed by atoms with Gasteiger partial charge in [-0.15, -0.1) is 18.3 Å². The van der Waals surface area contributed by atoms with E-state index in [-0.39, 0.29) is 12.5 Å². The molecule has 3 aromatic rings. The largest absolute Gasteiger partial charge is 0.337 e. The third kappa shape index (κ3) is 4.65. The Labute approximate surface area is 163 Å². The first-order valence-corrected chi connectivity index (χ1v) is 9.55. The third-order valence-electron chi connectivity index (χ3n) is 3.97. The highest BCUT2D eigenvalue weighted by molar-refractivity contribution is 7.99. The molecule has 0 spiro atoms. The summed E-state index contributed by atoms with van der Waals surface area (Å²) in [7, 11) is 1.73. The lowest BCUT2D eigenvalue weighted by Crippen LogP contribution is -2.26. The zero-order chi connectivity index (χ0) is 19.2. The van der Waals surface area contributed by atoms with Crippen molar-refractivity contribution in [1.82, 2.24) is 15.0 Å². The number of carbonyl (C=O) groups is 1. The number of carbonyl (C=O) groups excluding carboxylic acids is 1. The molecule has 1 amide bonds.